The van der Waals surface area contributed by atoms with Crippen LogP contribution in [0.3, 0.4) is 0 Å². The lowest BCUT2D eigenvalue weighted by atomic mass is 10.1. The zero-order chi connectivity index (χ0) is 14.5. The summed E-state index contributed by atoms with van der Waals surface area (Å²) in [7, 11) is 0. The third-order valence-electron chi connectivity index (χ3n) is 3.30. The summed E-state index contributed by atoms with van der Waals surface area (Å²) in [6, 6.07) is 11.6. The van der Waals surface area contributed by atoms with E-state index in [0.29, 0.717) is 5.56 Å². The van der Waals surface area contributed by atoms with E-state index in [9.17, 15) is 8.78 Å². The normalized spacial score (nSPS) is 12.2. The molecule has 0 heterocycles. The molecule has 0 saturated heterocycles. The van der Waals surface area contributed by atoms with Crippen molar-refractivity contribution in [3.05, 3.63) is 65.2 Å². The van der Waals surface area contributed by atoms with Crippen molar-refractivity contribution in [1.82, 2.24) is 0 Å². The highest BCUT2D eigenvalue weighted by molar-refractivity contribution is 5.46. The molecule has 0 aliphatic carbocycles. The molecule has 0 aromatic heterocycles. The van der Waals surface area contributed by atoms with Gasteiger partial charge in [-0.25, -0.2) is 8.78 Å². The Hall–Kier alpha value is -1.90. The molecule has 3 heteroatoms. The molecule has 0 saturated carbocycles. The molecule has 0 radical (unpaired) electrons. The van der Waals surface area contributed by atoms with Gasteiger partial charge in [0.15, 0.2) is 0 Å². The molecule has 2 rings (SSSR count). The molecule has 2 aromatic carbocycles. The van der Waals surface area contributed by atoms with E-state index in [-0.39, 0.29) is 6.04 Å². The van der Waals surface area contributed by atoms with Crippen molar-refractivity contribution in [2.75, 3.05) is 5.32 Å². The molecular weight excluding hydrogens is 256 g/mol. The smallest absolute Gasteiger partial charge is 0.131 e. The highest BCUT2D eigenvalue weighted by Crippen LogP contribution is 2.22. The maximum absolute atomic E-state index is 13.7. The van der Waals surface area contributed by atoms with Gasteiger partial charge in [-0.2, -0.15) is 0 Å². The topological polar surface area (TPSA) is 12.0 Å². The predicted molar refractivity (Wildman–Crippen MR) is 78.8 cm³/mol. The van der Waals surface area contributed by atoms with Gasteiger partial charge < -0.3 is 5.32 Å². The van der Waals surface area contributed by atoms with Crippen molar-refractivity contribution in [2.45, 2.75) is 32.7 Å². The lowest BCUT2D eigenvalue weighted by molar-refractivity contribution is 0.566. The fraction of sp³-hybridized carbons (Fsp3) is 0.294. The first-order valence-electron chi connectivity index (χ1n) is 6.90. The maximum Gasteiger partial charge on any atom is 0.131 e. The highest BCUT2D eigenvalue weighted by Gasteiger charge is 2.11. The summed E-state index contributed by atoms with van der Waals surface area (Å²) in [5.74, 6) is -1.07. The molecule has 0 amide bonds. The molecule has 0 bridgehead atoms. The van der Waals surface area contributed by atoms with E-state index in [1.807, 2.05) is 19.1 Å². The van der Waals surface area contributed by atoms with Gasteiger partial charge in [0.25, 0.3) is 0 Å². The number of aryl methyl sites for hydroxylation is 1. The third-order valence-corrected chi connectivity index (χ3v) is 3.30. The van der Waals surface area contributed by atoms with Crippen LogP contribution in [0.15, 0.2) is 42.5 Å². The Morgan fingerprint density at radius 3 is 2.35 bits per heavy atom. The number of benzene rings is 2. The maximum atomic E-state index is 13.7. The van der Waals surface area contributed by atoms with Crippen LogP contribution in [0.1, 0.15) is 37.4 Å². The number of halogens is 2. The number of hydrogen-bond acceptors (Lipinski definition) is 1. The van der Waals surface area contributed by atoms with Crippen LogP contribution in [0.2, 0.25) is 0 Å². The van der Waals surface area contributed by atoms with Gasteiger partial charge in [-0.1, -0.05) is 31.5 Å². The lowest BCUT2D eigenvalue weighted by Crippen LogP contribution is -2.08. The zero-order valence-electron chi connectivity index (χ0n) is 11.8. The van der Waals surface area contributed by atoms with Crippen molar-refractivity contribution < 1.29 is 8.78 Å². The summed E-state index contributed by atoms with van der Waals surface area (Å²) in [5.41, 5.74) is 2.68. The summed E-state index contributed by atoms with van der Waals surface area (Å²) in [4.78, 5) is 0. The fourth-order valence-electron chi connectivity index (χ4n) is 2.24. The Morgan fingerprint density at radius 1 is 1.05 bits per heavy atom. The van der Waals surface area contributed by atoms with Crippen molar-refractivity contribution in [3.8, 4) is 0 Å². The number of anilines is 1. The van der Waals surface area contributed by atoms with Gasteiger partial charge in [0.1, 0.15) is 11.6 Å². The fourth-order valence-corrected chi connectivity index (χ4v) is 2.24. The average molecular weight is 275 g/mol. The Balaban J connectivity index is 2.08. The third kappa shape index (κ3) is 3.56. The minimum atomic E-state index is -0.553. The Labute approximate surface area is 118 Å². The second-order valence-electron chi connectivity index (χ2n) is 4.98. The Morgan fingerprint density at radius 2 is 1.75 bits per heavy atom. The molecule has 106 valence electrons. The van der Waals surface area contributed by atoms with Gasteiger partial charge in [0.2, 0.25) is 0 Å². The van der Waals surface area contributed by atoms with E-state index in [1.165, 1.54) is 17.7 Å². The summed E-state index contributed by atoms with van der Waals surface area (Å²) >= 11 is 0. The number of rotatable bonds is 5. The van der Waals surface area contributed by atoms with E-state index >= 15 is 0 Å². The summed E-state index contributed by atoms with van der Waals surface area (Å²) in [5, 5.41) is 3.23. The molecule has 1 nitrogen and oxygen atoms in total. The molecule has 0 fully saturated rings. The van der Waals surface area contributed by atoms with Crippen LogP contribution in [0, 0.1) is 11.6 Å². The molecule has 20 heavy (non-hydrogen) atoms. The number of nitrogens with one attached hydrogen (secondary N) is 1. The molecule has 1 unspecified atom stereocenters. The van der Waals surface area contributed by atoms with Crippen LogP contribution in [0.5, 0.6) is 0 Å². The molecule has 0 spiro atoms. The SMILES string of the molecule is CCCc1ccc(NC(C)c2ccc(F)cc2F)cc1. The Bertz CT molecular complexity index is 564. The lowest BCUT2D eigenvalue weighted by Gasteiger charge is -2.16. The van der Waals surface area contributed by atoms with Crippen LogP contribution in [-0.4, -0.2) is 0 Å². The Kier molecular flexibility index (Phi) is 4.72. The molecule has 1 N–H and O–H groups in total. The van der Waals surface area contributed by atoms with E-state index in [2.05, 4.69) is 24.4 Å². The molecule has 0 aliphatic heterocycles. The van der Waals surface area contributed by atoms with Crippen molar-refractivity contribution in [2.24, 2.45) is 0 Å². The van der Waals surface area contributed by atoms with Crippen LogP contribution in [-0.2, 0) is 6.42 Å². The van der Waals surface area contributed by atoms with Crippen molar-refractivity contribution in [1.29, 1.82) is 0 Å². The average Bonchev–Trinajstić information content (AvgIpc) is 2.41. The summed E-state index contributed by atoms with van der Waals surface area (Å²) < 4.78 is 26.6. The van der Waals surface area contributed by atoms with Crippen LogP contribution in [0.25, 0.3) is 0 Å². The number of hydrogen-bond donors (Lipinski definition) is 1. The summed E-state index contributed by atoms with van der Waals surface area (Å²) in [6.45, 7) is 4.00. The molecular formula is C17H19F2N. The van der Waals surface area contributed by atoms with Gasteiger partial charge in [0, 0.05) is 17.3 Å². The standard InChI is InChI=1S/C17H19F2N/c1-3-4-13-5-8-15(9-6-13)20-12(2)16-10-7-14(18)11-17(16)19/h5-12,20H,3-4H2,1-2H3. The predicted octanol–water partition coefficient (Wildman–Crippen LogP) is 5.09. The minimum absolute atomic E-state index is 0.215. The van der Waals surface area contributed by atoms with Crippen LogP contribution >= 0.6 is 0 Å². The van der Waals surface area contributed by atoms with Gasteiger partial charge in [-0.3, -0.25) is 0 Å². The van der Waals surface area contributed by atoms with E-state index in [4.69, 9.17) is 0 Å². The van der Waals surface area contributed by atoms with Crippen molar-refractivity contribution >= 4 is 5.69 Å². The molecule has 1 atom stereocenters. The minimum Gasteiger partial charge on any atom is -0.378 e. The van der Waals surface area contributed by atoms with Gasteiger partial charge in [-0.05, 0) is 37.1 Å². The first kappa shape index (κ1) is 14.5. The van der Waals surface area contributed by atoms with Gasteiger partial charge >= 0.3 is 0 Å². The van der Waals surface area contributed by atoms with E-state index in [0.717, 1.165) is 24.6 Å². The highest BCUT2D eigenvalue weighted by atomic mass is 19.1. The molecule has 0 aliphatic rings. The van der Waals surface area contributed by atoms with Crippen LogP contribution in [0.4, 0.5) is 14.5 Å². The first-order valence-corrected chi connectivity index (χ1v) is 6.90. The van der Waals surface area contributed by atoms with E-state index in [1.54, 1.807) is 0 Å². The molecule has 2 aromatic rings. The second kappa shape index (κ2) is 6.51. The van der Waals surface area contributed by atoms with Gasteiger partial charge in [0.05, 0.1) is 6.04 Å². The van der Waals surface area contributed by atoms with Gasteiger partial charge in [-0.15, -0.1) is 0 Å². The monoisotopic (exact) mass is 275 g/mol. The quantitative estimate of drug-likeness (QED) is 0.801. The zero-order valence-corrected chi connectivity index (χ0v) is 11.8. The largest absolute Gasteiger partial charge is 0.378 e. The first-order chi connectivity index (χ1) is 9.60. The summed E-state index contributed by atoms with van der Waals surface area (Å²) in [6.07, 6.45) is 2.17. The second-order valence-corrected chi connectivity index (χ2v) is 4.98. The van der Waals surface area contributed by atoms with Crippen molar-refractivity contribution in [3.63, 3.8) is 0 Å². The van der Waals surface area contributed by atoms with E-state index < -0.39 is 11.6 Å². The van der Waals surface area contributed by atoms with Crippen LogP contribution < -0.4 is 5.32 Å².